The lowest BCUT2D eigenvalue weighted by atomic mass is 10.3. The maximum atomic E-state index is 11.3. The molecule has 94 valence electrons. The summed E-state index contributed by atoms with van der Waals surface area (Å²) in [5, 5.41) is 7.16. The Labute approximate surface area is 108 Å². The van der Waals surface area contributed by atoms with Gasteiger partial charge in [0, 0.05) is 11.9 Å². The number of anilines is 2. The van der Waals surface area contributed by atoms with Gasteiger partial charge in [-0.25, -0.2) is 9.50 Å². The number of carbonyl (C=O) groups excluding carboxylic acids is 1. The van der Waals surface area contributed by atoms with Gasteiger partial charge in [0.05, 0.1) is 6.20 Å². The van der Waals surface area contributed by atoms with Gasteiger partial charge in [-0.1, -0.05) is 18.2 Å². The predicted octanol–water partition coefficient (Wildman–Crippen LogP) is 1.57. The minimum absolute atomic E-state index is 0.303. The van der Waals surface area contributed by atoms with Gasteiger partial charge in [0.15, 0.2) is 5.65 Å². The molecule has 1 aromatic carbocycles. The number of aromatic nitrogens is 3. The Morgan fingerprint density at radius 2 is 2.00 bits per heavy atom. The zero-order valence-electron chi connectivity index (χ0n) is 9.95. The number of nitrogens with one attached hydrogen (secondary N) is 1. The van der Waals surface area contributed by atoms with E-state index in [1.807, 2.05) is 30.3 Å². The maximum Gasteiger partial charge on any atom is 0.254 e. The lowest BCUT2D eigenvalue weighted by Gasteiger charge is -2.05. The first-order chi connectivity index (χ1) is 9.24. The summed E-state index contributed by atoms with van der Waals surface area (Å²) in [6.07, 6.45) is 3.14. The van der Waals surface area contributed by atoms with E-state index in [1.54, 1.807) is 12.3 Å². The number of fused-ring (bicyclic) bond motifs is 1. The summed E-state index contributed by atoms with van der Waals surface area (Å²) in [4.78, 5) is 15.6. The molecule has 3 aromatic rings. The molecule has 0 unspecified atom stereocenters. The summed E-state index contributed by atoms with van der Waals surface area (Å²) in [6.45, 7) is 0. The summed E-state index contributed by atoms with van der Waals surface area (Å²) >= 11 is 0. The van der Waals surface area contributed by atoms with Crippen molar-refractivity contribution in [1.82, 2.24) is 14.6 Å². The van der Waals surface area contributed by atoms with E-state index in [9.17, 15) is 4.79 Å². The van der Waals surface area contributed by atoms with Gasteiger partial charge in [-0.15, -0.1) is 0 Å². The van der Waals surface area contributed by atoms with Crippen molar-refractivity contribution in [3.05, 3.63) is 54.4 Å². The Hall–Kier alpha value is -2.89. The lowest BCUT2D eigenvalue weighted by Crippen LogP contribution is -2.11. The van der Waals surface area contributed by atoms with Gasteiger partial charge in [0.1, 0.15) is 11.4 Å². The molecule has 19 heavy (non-hydrogen) atoms. The van der Waals surface area contributed by atoms with Crippen molar-refractivity contribution >= 4 is 23.1 Å². The second-order valence-electron chi connectivity index (χ2n) is 3.99. The Kier molecular flexibility index (Phi) is 2.60. The van der Waals surface area contributed by atoms with Crippen LogP contribution < -0.4 is 11.1 Å². The summed E-state index contributed by atoms with van der Waals surface area (Å²) in [7, 11) is 0. The third kappa shape index (κ3) is 2.11. The highest BCUT2D eigenvalue weighted by Crippen LogP contribution is 2.16. The summed E-state index contributed by atoms with van der Waals surface area (Å²) in [5.41, 5.74) is 6.93. The van der Waals surface area contributed by atoms with E-state index in [0.717, 1.165) is 5.69 Å². The average molecular weight is 253 g/mol. The third-order valence-corrected chi connectivity index (χ3v) is 2.68. The molecule has 6 heteroatoms. The van der Waals surface area contributed by atoms with Crippen LogP contribution in [-0.2, 0) is 0 Å². The summed E-state index contributed by atoms with van der Waals surface area (Å²) in [5.74, 6) is 0.0843. The number of benzene rings is 1. The number of hydrogen-bond acceptors (Lipinski definition) is 4. The molecular weight excluding hydrogens is 242 g/mol. The summed E-state index contributed by atoms with van der Waals surface area (Å²) < 4.78 is 1.51. The topological polar surface area (TPSA) is 85.3 Å². The number of primary amides is 1. The Morgan fingerprint density at radius 3 is 2.74 bits per heavy atom. The van der Waals surface area contributed by atoms with E-state index in [-0.39, 0.29) is 0 Å². The second kappa shape index (κ2) is 4.41. The van der Waals surface area contributed by atoms with Crippen molar-refractivity contribution in [2.24, 2.45) is 5.73 Å². The van der Waals surface area contributed by atoms with Crippen LogP contribution in [0.25, 0.3) is 5.65 Å². The monoisotopic (exact) mass is 253 g/mol. The van der Waals surface area contributed by atoms with Crippen LogP contribution in [0, 0.1) is 0 Å². The first-order valence-corrected chi connectivity index (χ1v) is 5.70. The van der Waals surface area contributed by atoms with Crippen molar-refractivity contribution in [3.63, 3.8) is 0 Å². The highest BCUT2D eigenvalue weighted by Gasteiger charge is 2.11. The first-order valence-electron chi connectivity index (χ1n) is 5.70. The number of nitrogens with zero attached hydrogens (tertiary/aromatic N) is 3. The van der Waals surface area contributed by atoms with Crippen LogP contribution in [0.2, 0.25) is 0 Å². The SMILES string of the molecule is NC(=O)c1cnn2ccc(Nc3ccccc3)nc12. The number of hydrogen-bond donors (Lipinski definition) is 2. The minimum Gasteiger partial charge on any atom is -0.365 e. The second-order valence-corrected chi connectivity index (χ2v) is 3.99. The molecule has 0 aliphatic carbocycles. The predicted molar refractivity (Wildman–Crippen MR) is 71.2 cm³/mol. The Bertz CT molecular complexity index is 735. The average Bonchev–Trinajstić information content (AvgIpc) is 2.83. The fourth-order valence-corrected chi connectivity index (χ4v) is 1.78. The molecule has 0 saturated carbocycles. The number of amides is 1. The number of nitrogens with two attached hydrogens (primary N) is 1. The van der Waals surface area contributed by atoms with E-state index in [4.69, 9.17) is 5.73 Å². The van der Waals surface area contributed by atoms with Crippen LogP contribution in [0.1, 0.15) is 10.4 Å². The molecule has 0 bridgehead atoms. The quantitative estimate of drug-likeness (QED) is 0.742. The fraction of sp³-hybridized carbons (Fsp3) is 0. The molecule has 2 heterocycles. The molecule has 0 atom stereocenters. The first kappa shape index (κ1) is 11.2. The molecule has 0 fully saturated rings. The number of para-hydroxylation sites is 1. The highest BCUT2D eigenvalue weighted by atomic mass is 16.1. The van der Waals surface area contributed by atoms with Crippen LogP contribution >= 0.6 is 0 Å². The standard InChI is InChI=1S/C13H11N5O/c14-12(19)10-8-15-18-7-6-11(17-13(10)18)16-9-4-2-1-3-5-9/h1-8H,(H2,14,19)(H,16,17). The van der Waals surface area contributed by atoms with E-state index in [1.165, 1.54) is 10.7 Å². The molecule has 2 aromatic heterocycles. The molecule has 0 radical (unpaired) electrons. The van der Waals surface area contributed by atoms with Crippen LogP contribution in [0.3, 0.4) is 0 Å². The molecule has 1 amide bonds. The normalized spacial score (nSPS) is 10.5. The maximum absolute atomic E-state index is 11.3. The zero-order chi connectivity index (χ0) is 13.2. The van der Waals surface area contributed by atoms with Crippen LogP contribution in [0.4, 0.5) is 11.5 Å². The number of rotatable bonds is 3. The third-order valence-electron chi connectivity index (χ3n) is 2.68. The molecule has 0 aliphatic heterocycles. The zero-order valence-corrected chi connectivity index (χ0v) is 9.95. The van der Waals surface area contributed by atoms with Gasteiger partial charge >= 0.3 is 0 Å². The van der Waals surface area contributed by atoms with Gasteiger partial charge in [-0.3, -0.25) is 4.79 Å². The fourth-order valence-electron chi connectivity index (χ4n) is 1.78. The van der Waals surface area contributed by atoms with Crippen molar-refractivity contribution in [3.8, 4) is 0 Å². The van der Waals surface area contributed by atoms with E-state index in [0.29, 0.717) is 17.0 Å². The smallest absolute Gasteiger partial charge is 0.254 e. The van der Waals surface area contributed by atoms with E-state index < -0.39 is 5.91 Å². The van der Waals surface area contributed by atoms with Crippen molar-refractivity contribution in [1.29, 1.82) is 0 Å². The van der Waals surface area contributed by atoms with Crippen molar-refractivity contribution in [2.45, 2.75) is 0 Å². The van der Waals surface area contributed by atoms with Crippen LogP contribution in [0.5, 0.6) is 0 Å². The molecule has 0 saturated heterocycles. The minimum atomic E-state index is -0.542. The largest absolute Gasteiger partial charge is 0.365 e. The van der Waals surface area contributed by atoms with E-state index in [2.05, 4.69) is 15.4 Å². The van der Waals surface area contributed by atoms with Crippen molar-refractivity contribution < 1.29 is 4.79 Å². The van der Waals surface area contributed by atoms with Gasteiger partial charge in [0.25, 0.3) is 5.91 Å². The number of carbonyl (C=O) groups is 1. The van der Waals surface area contributed by atoms with Crippen molar-refractivity contribution in [2.75, 3.05) is 5.32 Å². The summed E-state index contributed by atoms with van der Waals surface area (Å²) in [6, 6.07) is 11.4. The highest BCUT2D eigenvalue weighted by molar-refractivity contribution is 5.98. The van der Waals surface area contributed by atoms with Crippen LogP contribution in [0.15, 0.2) is 48.8 Å². The molecular formula is C13H11N5O. The molecule has 0 spiro atoms. The molecule has 3 N–H and O–H groups in total. The van der Waals surface area contributed by atoms with E-state index >= 15 is 0 Å². The Morgan fingerprint density at radius 1 is 1.21 bits per heavy atom. The van der Waals surface area contributed by atoms with Gasteiger partial charge < -0.3 is 11.1 Å². The lowest BCUT2D eigenvalue weighted by molar-refractivity contribution is 0.100. The molecule has 0 aliphatic rings. The Balaban J connectivity index is 2.01. The van der Waals surface area contributed by atoms with Gasteiger partial charge in [0.2, 0.25) is 0 Å². The van der Waals surface area contributed by atoms with Gasteiger partial charge in [-0.05, 0) is 18.2 Å². The van der Waals surface area contributed by atoms with Crippen LogP contribution in [-0.4, -0.2) is 20.5 Å². The van der Waals surface area contributed by atoms with Gasteiger partial charge in [-0.2, -0.15) is 5.10 Å². The molecule has 3 rings (SSSR count). The molecule has 6 nitrogen and oxygen atoms in total.